The number of carbonyl (C=O) groups is 2. The molecule has 1 atom stereocenters. The fraction of sp³-hybridized carbons (Fsp3) is 0.615. The quantitative estimate of drug-likeness (QED) is 0.638. The lowest BCUT2D eigenvalue weighted by Gasteiger charge is -2.34. The molecule has 0 fully saturated rings. The van der Waals surface area contributed by atoms with Crippen LogP contribution in [0, 0.1) is 0 Å². The van der Waals surface area contributed by atoms with E-state index in [2.05, 4.69) is 12.0 Å². The summed E-state index contributed by atoms with van der Waals surface area (Å²) in [5.74, 6) is -0.497. The van der Waals surface area contributed by atoms with Crippen LogP contribution in [0.2, 0.25) is 0 Å². The van der Waals surface area contributed by atoms with Crippen LogP contribution in [0.1, 0.15) is 55.3 Å². The van der Waals surface area contributed by atoms with Gasteiger partial charge < -0.3 is 4.90 Å². The molecule has 1 aliphatic heterocycles. The molecule has 2 amide bonds. The molecule has 2 N–H and O–H groups in total. The first kappa shape index (κ1) is 14.5. The Labute approximate surface area is 117 Å². The zero-order valence-electron chi connectivity index (χ0n) is 11.8. The monoisotopic (exact) mass is 280 g/mol. The Balaban J connectivity index is 2.16. The summed E-state index contributed by atoms with van der Waals surface area (Å²) >= 11 is 0. The Bertz CT molecular complexity index is 512. The predicted molar refractivity (Wildman–Crippen MR) is 71.1 cm³/mol. The number of aromatic nitrogens is 2. The van der Waals surface area contributed by atoms with Crippen molar-refractivity contribution in [3.8, 4) is 0 Å². The molecular formula is C13H20N4O3. The highest BCUT2D eigenvalue weighted by Gasteiger charge is 2.29. The number of hydroxylamine groups is 1. The molecule has 0 spiro atoms. The van der Waals surface area contributed by atoms with E-state index < -0.39 is 5.91 Å². The lowest BCUT2D eigenvalue weighted by atomic mass is 10.1. The maximum atomic E-state index is 12.2. The minimum atomic E-state index is -0.636. The van der Waals surface area contributed by atoms with Crippen molar-refractivity contribution in [1.29, 1.82) is 0 Å². The van der Waals surface area contributed by atoms with Crippen LogP contribution in [0.15, 0.2) is 6.07 Å². The van der Waals surface area contributed by atoms with Crippen LogP contribution in [0.4, 0.5) is 0 Å². The van der Waals surface area contributed by atoms with Crippen molar-refractivity contribution in [1.82, 2.24) is 20.2 Å². The maximum Gasteiger partial charge on any atom is 0.295 e. The van der Waals surface area contributed by atoms with E-state index in [0.717, 1.165) is 18.5 Å². The molecule has 20 heavy (non-hydrogen) atoms. The summed E-state index contributed by atoms with van der Waals surface area (Å²) in [4.78, 5) is 25.4. The molecule has 1 aliphatic rings. The van der Waals surface area contributed by atoms with Gasteiger partial charge in [-0.25, -0.2) is 5.48 Å². The van der Waals surface area contributed by atoms with Gasteiger partial charge in [0.2, 0.25) is 5.91 Å². The minimum Gasteiger partial charge on any atom is -0.333 e. The van der Waals surface area contributed by atoms with Gasteiger partial charge in [-0.3, -0.25) is 19.5 Å². The normalized spacial score (nSPS) is 17.8. The fourth-order valence-corrected chi connectivity index (χ4v) is 2.48. The molecular weight excluding hydrogens is 260 g/mol. The number of hydrogen-bond donors (Lipinski definition) is 2. The largest absolute Gasteiger partial charge is 0.333 e. The van der Waals surface area contributed by atoms with Gasteiger partial charge in [0.15, 0.2) is 5.69 Å². The standard InChI is InChI=1S/C13H20N4O3/c1-3-4-5-12(18)16-6-7-17-11(9(16)2)8-10(14-17)13(19)15-20/h8-9,20H,3-7H2,1-2H3,(H,15,19). The average molecular weight is 280 g/mol. The molecule has 0 radical (unpaired) electrons. The van der Waals surface area contributed by atoms with Crippen molar-refractivity contribution in [3.63, 3.8) is 0 Å². The first-order chi connectivity index (χ1) is 9.58. The third-order valence-electron chi connectivity index (χ3n) is 3.66. The topological polar surface area (TPSA) is 87.5 Å². The number of hydrogen-bond acceptors (Lipinski definition) is 4. The molecule has 1 aromatic heterocycles. The molecule has 110 valence electrons. The summed E-state index contributed by atoms with van der Waals surface area (Å²) in [7, 11) is 0. The van der Waals surface area contributed by atoms with Crippen LogP contribution in [0.3, 0.4) is 0 Å². The van der Waals surface area contributed by atoms with Gasteiger partial charge in [0.05, 0.1) is 18.3 Å². The Morgan fingerprint density at radius 3 is 2.90 bits per heavy atom. The smallest absolute Gasteiger partial charge is 0.295 e. The SMILES string of the molecule is CCCCC(=O)N1CCn2nc(C(=O)NO)cc2C1C. The van der Waals surface area contributed by atoms with E-state index in [9.17, 15) is 9.59 Å². The van der Waals surface area contributed by atoms with E-state index in [4.69, 9.17) is 5.21 Å². The van der Waals surface area contributed by atoms with Gasteiger partial charge in [-0.05, 0) is 19.4 Å². The average Bonchev–Trinajstić information content (AvgIpc) is 2.89. The lowest BCUT2D eigenvalue weighted by molar-refractivity contribution is -0.134. The first-order valence-electron chi connectivity index (χ1n) is 6.90. The van der Waals surface area contributed by atoms with E-state index in [1.807, 2.05) is 11.8 Å². The molecule has 7 nitrogen and oxygen atoms in total. The third-order valence-corrected chi connectivity index (χ3v) is 3.66. The van der Waals surface area contributed by atoms with Crippen molar-refractivity contribution in [2.45, 2.75) is 45.7 Å². The van der Waals surface area contributed by atoms with Gasteiger partial charge in [-0.15, -0.1) is 0 Å². The number of nitrogens with one attached hydrogen (secondary N) is 1. The summed E-state index contributed by atoms with van der Waals surface area (Å²) in [5, 5.41) is 12.8. The Morgan fingerprint density at radius 2 is 2.25 bits per heavy atom. The van der Waals surface area contributed by atoms with Crippen molar-refractivity contribution in [2.75, 3.05) is 6.54 Å². The number of amides is 2. The number of fused-ring (bicyclic) bond motifs is 1. The number of carbonyl (C=O) groups excluding carboxylic acids is 2. The second kappa shape index (κ2) is 6.04. The molecule has 1 unspecified atom stereocenters. The van der Waals surface area contributed by atoms with Crippen LogP contribution in [-0.2, 0) is 11.3 Å². The highest BCUT2D eigenvalue weighted by molar-refractivity contribution is 5.91. The minimum absolute atomic E-state index is 0.110. The molecule has 7 heteroatoms. The van der Waals surface area contributed by atoms with Crippen molar-refractivity contribution in [2.24, 2.45) is 0 Å². The molecule has 2 rings (SSSR count). The second-order valence-electron chi connectivity index (χ2n) is 4.99. The van der Waals surface area contributed by atoms with Crippen LogP contribution in [0.5, 0.6) is 0 Å². The number of unbranched alkanes of at least 4 members (excludes halogenated alkanes) is 1. The van der Waals surface area contributed by atoms with Crippen LogP contribution in [-0.4, -0.2) is 38.2 Å². The molecule has 0 aliphatic carbocycles. The summed E-state index contributed by atoms with van der Waals surface area (Å²) in [5.41, 5.74) is 2.56. The van der Waals surface area contributed by atoms with Gasteiger partial charge >= 0.3 is 0 Å². The van der Waals surface area contributed by atoms with E-state index in [0.29, 0.717) is 19.5 Å². The molecule has 0 aromatic carbocycles. The van der Waals surface area contributed by atoms with E-state index >= 15 is 0 Å². The van der Waals surface area contributed by atoms with Crippen molar-refractivity contribution < 1.29 is 14.8 Å². The van der Waals surface area contributed by atoms with Gasteiger partial charge in [-0.1, -0.05) is 13.3 Å². The summed E-state index contributed by atoms with van der Waals surface area (Å²) in [6, 6.07) is 1.51. The van der Waals surface area contributed by atoms with E-state index in [1.54, 1.807) is 16.2 Å². The fourth-order valence-electron chi connectivity index (χ4n) is 2.48. The van der Waals surface area contributed by atoms with E-state index in [-0.39, 0.29) is 17.6 Å². The second-order valence-corrected chi connectivity index (χ2v) is 4.99. The Hall–Kier alpha value is -1.89. The highest BCUT2D eigenvalue weighted by Crippen LogP contribution is 2.26. The van der Waals surface area contributed by atoms with Gasteiger partial charge in [0.25, 0.3) is 5.91 Å². The molecule has 1 aromatic rings. The van der Waals surface area contributed by atoms with Gasteiger partial charge in [0, 0.05) is 13.0 Å². The summed E-state index contributed by atoms with van der Waals surface area (Å²) in [6.45, 7) is 5.15. The number of rotatable bonds is 4. The third kappa shape index (κ3) is 2.67. The number of nitrogens with zero attached hydrogens (tertiary/aromatic N) is 3. The molecule has 0 saturated heterocycles. The summed E-state index contributed by atoms with van der Waals surface area (Å²) in [6.07, 6.45) is 2.44. The zero-order chi connectivity index (χ0) is 14.7. The van der Waals surface area contributed by atoms with Crippen LogP contribution < -0.4 is 5.48 Å². The molecule has 0 bridgehead atoms. The zero-order valence-corrected chi connectivity index (χ0v) is 11.8. The van der Waals surface area contributed by atoms with E-state index in [1.165, 1.54) is 0 Å². The molecule has 2 heterocycles. The predicted octanol–water partition coefficient (Wildman–Crippen LogP) is 1.10. The van der Waals surface area contributed by atoms with Gasteiger partial charge in [-0.2, -0.15) is 5.10 Å². The maximum absolute atomic E-state index is 12.2. The highest BCUT2D eigenvalue weighted by atomic mass is 16.5. The Morgan fingerprint density at radius 1 is 1.50 bits per heavy atom. The molecule has 0 saturated carbocycles. The first-order valence-corrected chi connectivity index (χ1v) is 6.90. The summed E-state index contributed by atoms with van der Waals surface area (Å²) < 4.78 is 1.72. The lowest BCUT2D eigenvalue weighted by Crippen LogP contribution is -2.41. The van der Waals surface area contributed by atoms with Crippen molar-refractivity contribution >= 4 is 11.8 Å². The van der Waals surface area contributed by atoms with Crippen LogP contribution in [0.25, 0.3) is 0 Å². The van der Waals surface area contributed by atoms with Gasteiger partial charge in [0.1, 0.15) is 0 Å². The van der Waals surface area contributed by atoms with Crippen LogP contribution >= 0.6 is 0 Å². The van der Waals surface area contributed by atoms with Crippen molar-refractivity contribution in [3.05, 3.63) is 17.5 Å². The Kier molecular flexibility index (Phi) is 4.39.